The van der Waals surface area contributed by atoms with Crippen molar-refractivity contribution in [3.8, 4) is 0 Å². The third kappa shape index (κ3) is 6.48. The smallest absolute Gasteiger partial charge is 0.325 e. The number of pyridine rings is 1. The van der Waals surface area contributed by atoms with Crippen LogP contribution in [0.3, 0.4) is 0 Å². The second-order valence-corrected chi connectivity index (χ2v) is 13.5. The fourth-order valence-electron chi connectivity index (χ4n) is 5.03. The summed E-state index contributed by atoms with van der Waals surface area (Å²) >= 11 is 7.45. The molecule has 42 heavy (non-hydrogen) atoms. The average molecular weight is 633 g/mol. The zero-order valence-corrected chi connectivity index (χ0v) is 25.5. The maximum Gasteiger partial charge on any atom is 0.325 e. The summed E-state index contributed by atoms with van der Waals surface area (Å²) in [5.41, 5.74) is 0.832. The summed E-state index contributed by atoms with van der Waals surface area (Å²) in [5, 5.41) is 7.21. The molecule has 2 aliphatic rings. The summed E-state index contributed by atoms with van der Waals surface area (Å²) < 4.78 is 35.6. The number of sulfonamides is 1. The standard InChI is InChI=1S/C28H30ClN5O6S2/c1-3-40-26(36)15-30-25(35)14-21-16-33(42(38,39)22-7-5-18-12-20(29)6-4-19(18)13-22)10-11-34(21)28(37)27-31-23-8-9-32(2)17-24(23)41-27/h4-9,12-13,17,21,27H,3,10-11,14-16H2,1-2H3,(H,30,35)/p+1. The van der Waals surface area contributed by atoms with E-state index >= 15 is 0 Å². The van der Waals surface area contributed by atoms with Crippen LogP contribution in [-0.2, 0) is 36.2 Å². The van der Waals surface area contributed by atoms with Crippen LogP contribution in [0.4, 0.5) is 5.69 Å². The van der Waals surface area contributed by atoms with Crippen molar-refractivity contribution in [1.82, 2.24) is 14.5 Å². The van der Waals surface area contributed by atoms with Crippen LogP contribution in [0, 0.1) is 0 Å². The molecule has 0 radical (unpaired) electrons. The predicted octanol–water partition coefficient (Wildman–Crippen LogP) is 2.13. The lowest BCUT2D eigenvalue weighted by Crippen LogP contribution is -2.59. The number of anilines is 1. The van der Waals surface area contributed by atoms with E-state index in [1.54, 1.807) is 42.2 Å². The first-order chi connectivity index (χ1) is 20.0. The Balaban J connectivity index is 1.36. The van der Waals surface area contributed by atoms with E-state index in [4.69, 9.17) is 16.3 Å². The van der Waals surface area contributed by atoms with E-state index in [1.807, 2.05) is 30.1 Å². The van der Waals surface area contributed by atoms with E-state index in [-0.39, 0.29) is 50.0 Å². The van der Waals surface area contributed by atoms with Gasteiger partial charge in [-0.2, -0.15) is 4.31 Å². The number of hydrogen-bond donors (Lipinski definition) is 2. The number of amides is 2. The summed E-state index contributed by atoms with van der Waals surface area (Å²) in [4.78, 5) is 41.0. The Morgan fingerprint density at radius 1 is 1.14 bits per heavy atom. The lowest BCUT2D eigenvalue weighted by atomic mass is 10.1. The Morgan fingerprint density at radius 2 is 1.90 bits per heavy atom. The number of rotatable bonds is 8. The number of fused-ring (bicyclic) bond motifs is 2. The van der Waals surface area contributed by atoms with Crippen LogP contribution in [0.5, 0.6) is 0 Å². The maximum absolute atomic E-state index is 13.7. The van der Waals surface area contributed by atoms with Gasteiger partial charge in [0.1, 0.15) is 13.6 Å². The molecule has 2 amide bonds. The minimum absolute atomic E-state index is 0.0625. The molecule has 2 atom stereocenters. The molecule has 2 aromatic carbocycles. The van der Waals surface area contributed by atoms with Gasteiger partial charge in [-0.15, -0.1) is 0 Å². The lowest BCUT2D eigenvalue weighted by Gasteiger charge is -2.41. The first kappa shape index (κ1) is 30.1. The number of halogens is 1. The van der Waals surface area contributed by atoms with E-state index in [1.165, 1.54) is 22.1 Å². The van der Waals surface area contributed by atoms with Gasteiger partial charge in [-0.25, -0.2) is 13.0 Å². The summed E-state index contributed by atoms with van der Waals surface area (Å²) in [6.45, 7) is 1.60. The van der Waals surface area contributed by atoms with Gasteiger partial charge in [0, 0.05) is 37.1 Å². The molecular formula is C28H31ClN5O6S2+. The van der Waals surface area contributed by atoms with Crippen molar-refractivity contribution >= 4 is 67.6 Å². The summed E-state index contributed by atoms with van der Waals surface area (Å²) in [6, 6.07) is 11.2. The van der Waals surface area contributed by atoms with E-state index in [9.17, 15) is 22.8 Å². The lowest BCUT2D eigenvalue weighted by molar-refractivity contribution is -0.673. The number of benzene rings is 2. The van der Waals surface area contributed by atoms with E-state index in [2.05, 4.69) is 10.6 Å². The highest BCUT2D eigenvalue weighted by Gasteiger charge is 2.41. The van der Waals surface area contributed by atoms with Crippen molar-refractivity contribution in [1.29, 1.82) is 0 Å². The van der Waals surface area contributed by atoms with Crippen LogP contribution >= 0.6 is 23.4 Å². The number of piperazine rings is 1. The van der Waals surface area contributed by atoms with Crippen molar-refractivity contribution in [2.45, 2.75) is 34.6 Å². The number of nitrogens with one attached hydrogen (secondary N) is 2. The fourth-order valence-corrected chi connectivity index (χ4v) is 7.87. The van der Waals surface area contributed by atoms with Crippen LogP contribution in [-0.4, -0.2) is 79.6 Å². The second-order valence-electron chi connectivity index (χ2n) is 10.0. The molecule has 1 fully saturated rings. The molecule has 2 N–H and O–H groups in total. The molecule has 3 aromatic rings. The molecule has 14 heteroatoms. The van der Waals surface area contributed by atoms with Crippen molar-refractivity contribution in [2.75, 3.05) is 38.1 Å². The number of hydrogen-bond acceptors (Lipinski definition) is 8. The molecule has 5 rings (SSSR count). The van der Waals surface area contributed by atoms with Gasteiger partial charge in [0.2, 0.25) is 15.9 Å². The Kier molecular flexibility index (Phi) is 8.92. The Labute approximate surface area is 253 Å². The third-order valence-corrected chi connectivity index (χ3v) is 10.3. The molecule has 0 bridgehead atoms. The van der Waals surface area contributed by atoms with Crippen LogP contribution in [0.2, 0.25) is 5.02 Å². The first-order valence-corrected chi connectivity index (χ1v) is 16.1. The number of aryl methyl sites for hydroxylation is 1. The third-order valence-electron chi connectivity index (χ3n) is 7.11. The number of ether oxygens (including phenoxy) is 1. The zero-order chi connectivity index (χ0) is 30.0. The van der Waals surface area contributed by atoms with Crippen LogP contribution in [0.25, 0.3) is 10.8 Å². The second kappa shape index (κ2) is 12.5. The SMILES string of the molecule is CCOC(=O)CNC(=O)CC1CN(S(=O)(=O)c2ccc3cc(Cl)ccc3c2)CCN1C(=O)C1Nc2cc[n+](C)cc2S1. The molecule has 1 saturated heterocycles. The number of thioether (sulfide) groups is 1. The molecule has 0 aliphatic carbocycles. The molecule has 2 aliphatic heterocycles. The maximum atomic E-state index is 13.7. The molecule has 11 nitrogen and oxygen atoms in total. The van der Waals surface area contributed by atoms with Crippen LogP contribution < -0.4 is 15.2 Å². The Hall–Kier alpha value is -3.39. The minimum atomic E-state index is -3.95. The normalized spacial score (nSPS) is 18.8. The Morgan fingerprint density at radius 3 is 2.69 bits per heavy atom. The van der Waals surface area contributed by atoms with E-state index in [0.717, 1.165) is 21.4 Å². The van der Waals surface area contributed by atoms with Crippen LogP contribution in [0.1, 0.15) is 13.3 Å². The number of carbonyl (C=O) groups excluding carboxylic acids is 3. The highest BCUT2D eigenvalue weighted by Crippen LogP contribution is 2.38. The molecule has 3 heterocycles. The average Bonchev–Trinajstić information content (AvgIpc) is 3.39. The highest BCUT2D eigenvalue weighted by atomic mass is 35.5. The van der Waals surface area contributed by atoms with Gasteiger partial charge in [0.25, 0.3) is 5.91 Å². The molecule has 2 unspecified atom stereocenters. The fraction of sp³-hybridized carbons (Fsp3) is 0.357. The first-order valence-electron chi connectivity index (χ1n) is 13.4. The van der Waals surface area contributed by atoms with Gasteiger partial charge >= 0.3 is 5.97 Å². The summed E-state index contributed by atoms with van der Waals surface area (Å²) in [5.74, 6) is -1.32. The largest absolute Gasteiger partial charge is 0.465 e. The predicted molar refractivity (Wildman–Crippen MR) is 158 cm³/mol. The molecule has 0 spiro atoms. The topological polar surface area (TPSA) is 129 Å². The number of esters is 1. The van der Waals surface area contributed by atoms with Crippen molar-refractivity contribution < 1.29 is 32.1 Å². The van der Waals surface area contributed by atoms with Gasteiger partial charge in [-0.05, 0) is 42.0 Å². The van der Waals surface area contributed by atoms with E-state index in [0.29, 0.717) is 5.02 Å². The van der Waals surface area contributed by atoms with Gasteiger partial charge in [0.15, 0.2) is 17.8 Å². The van der Waals surface area contributed by atoms with Gasteiger partial charge < -0.3 is 20.3 Å². The minimum Gasteiger partial charge on any atom is -0.465 e. The quantitative estimate of drug-likeness (QED) is 0.286. The van der Waals surface area contributed by atoms with Gasteiger partial charge in [-0.3, -0.25) is 14.4 Å². The Bertz CT molecular complexity index is 1650. The van der Waals surface area contributed by atoms with Crippen LogP contribution in [0.15, 0.2) is 64.6 Å². The molecule has 222 valence electrons. The van der Waals surface area contributed by atoms with E-state index < -0.39 is 33.3 Å². The molecule has 0 saturated carbocycles. The van der Waals surface area contributed by atoms with Crippen molar-refractivity contribution in [3.63, 3.8) is 0 Å². The number of aromatic nitrogens is 1. The summed E-state index contributed by atoms with van der Waals surface area (Å²) in [6.07, 6.45) is 3.61. The zero-order valence-electron chi connectivity index (χ0n) is 23.1. The highest BCUT2D eigenvalue weighted by molar-refractivity contribution is 8.01. The molecular weight excluding hydrogens is 602 g/mol. The van der Waals surface area contributed by atoms with Crippen molar-refractivity contribution in [3.05, 3.63) is 59.9 Å². The van der Waals surface area contributed by atoms with Gasteiger partial charge in [0.05, 0.1) is 28.1 Å². The molecule has 1 aromatic heterocycles. The number of carbonyl (C=O) groups is 3. The monoisotopic (exact) mass is 632 g/mol. The van der Waals surface area contributed by atoms with Gasteiger partial charge in [-0.1, -0.05) is 35.5 Å². The number of nitrogens with zero attached hydrogens (tertiary/aromatic N) is 3. The summed E-state index contributed by atoms with van der Waals surface area (Å²) in [7, 11) is -2.05. The van der Waals surface area contributed by atoms with Crippen molar-refractivity contribution in [2.24, 2.45) is 7.05 Å².